The maximum absolute atomic E-state index is 12.7. The first kappa shape index (κ1) is 56.4. The quantitative estimate of drug-likeness (QED) is 0.0346. The molecule has 0 aliphatic carbocycles. The molecule has 0 aromatic heterocycles. The Morgan fingerprint density at radius 3 is 0.845 bits per heavy atom. The minimum Gasteiger partial charge on any atom is -0.462 e. The average Bonchev–Trinajstić information content (AvgIpc) is 3.21. The second-order valence-corrected chi connectivity index (χ2v) is 18.3. The molecule has 344 valence electrons. The molecule has 0 aliphatic heterocycles. The van der Waals surface area contributed by atoms with Crippen LogP contribution in [0.3, 0.4) is 0 Å². The number of hydrogen-bond acceptors (Lipinski definition) is 6. The molecule has 0 heterocycles. The molecule has 0 rings (SSSR count). The van der Waals surface area contributed by atoms with Crippen LogP contribution in [0.2, 0.25) is 0 Å². The van der Waals surface area contributed by atoms with Gasteiger partial charge in [-0.2, -0.15) is 0 Å². The van der Waals surface area contributed by atoms with Gasteiger partial charge in [0.05, 0.1) is 0 Å². The summed E-state index contributed by atoms with van der Waals surface area (Å²) in [5.41, 5.74) is 0. The van der Waals surface area contributed by atoms with Crippen LogP contribution in [0.5, 0.6) is 0 Å². The van der Waals surface area contributed by atoms with E-state index >= 15 is 0 Å². The van der Waals surface area contributed by atoms with E-state index in [2.05, 4.69) is 27.7 Å². The topological polar surface area (TPSA) is 78.9 Å². The van der Waals surface area contributed by atoms with E-state index in [9.17, 15) is 14.4 Å². The molecule has 0 aliphatic rings. The standard InChI is InChI=1S/C52H100O6/c1-5-7-9-11-12-13-14-15-16-17-20-24-27-30-33-37-41-45-52(55)58-49(46-56-50(53)43-39-34-10-8-6-2)47-57-51(54)44-40-36-32-29-26-23-21-18-19-22-25-28-31-35-38-42-48(3)4/h48-49H,5-47H2,1-4H3/t49-/m0/s1. The van der Waals surface area contributed by atoms with Crippen molar-refractivity contribution in [1.82, 2.24) is 0 Å². The normalized spacial score (nSPS) is 11.9. The van der Waals surface area contributed by atoms with Gasteiger partial charge in [0, 0.05) is 19.3 Å². The molecule has 6 nitrogen and oxygen atoms in total. The van der Waals surface area contributed by atoms with Gasteiger partial charge in [0.2, 0.25) is 0 Å². The van der Waals surface area contributed by atoms with Gasteiger partial charge in [0.15, 0.2) is 6.10 Å². The third-order valence-corrected chi connectivity index (χ3v) is 11.8. The van der Waals surface area contributed by atoms with E-state index in [1.807, 2.05) is 0 Å². The maximum Gasteiger partial charge on any atom is 0.306 e. The molecule has 0 aromatic carbocycles. The fourth-order valence-electron chi connectivity index (χ4n) is 7.86. The summed E-state index contributed by atoms with van der Waals surface area (Å²) in [7, 11) is 0. The van der Waals surface area contributed by atoms with E-state index in [0.717, 1.165) is 70.1 Å². The molecule has 0 saturated heterocycles. The molecule has 0 N–H and O–H groups in total. The Balaban J connectivity index is 4.10. The molecule has 0 saturated carbocycles. The number of unbranched alkanes of at least 4 members (excludes halogenated alkanes) is 34. The highest BCUT2D eigenvalue weighted by molar-refractivity contribution is 5.71. The van der Waals surface area contributed by atoms with Gasteiger partial charge in [-0.05, 0) is 25.2 Å². The molecule has 0 amide bonds. The van der Waals surface area contributed by atoms with Gasteiger partial charge in [-0.3, -0.25) is 14.4 Å². The van der Waals surface area contributed by atoms with Crippen molar-refractivity contribution in [3.63, 3.8) is 0 Å². The van der Waals surface area contributed by atoms with Crippen molar-refractivity contribution in [2.45, 2.75) is 297 Å². The van der Waals surface area contributed by atoms with E-state index in [1.54, 1.807) is 0 Å². The maximum atomic E-state index is 12.7. The van der Waals surface area contributed by atoms with Crippen molar-refractivity contribution in [2.24, 2.45) is 5.92 Å². The predicted molar refractivity (Wildman–Crippen MR) is 247 cm³/mol. The lowest BCUT2D eigenvalue weighted by Gasteiger charge is -2.18. The van der Waals surface area contributed by atoms with Gasteiger partial charge < -0.3 is 14.2 Å². The van der Waals surface area contributed by atoms with Crippen LogP contribution in [0.25, 0.3) is 0 Å². The molecule has 0 spiro atoms. The van der Waals surface area contributed by atoms with Crippen molar-refractivity contribution >= 4 is 17.9 Å². The first-order valence-electron chi connectivity index (χ1n) is 25.9. The highest BCUT2D eigenvalue weighted by Crippen LogP contribution is 2.17. The highest BCUT2D eigenvalue weighted by atomic mass is 16.6. The monoisotopic (exact) mass is 821 g/mol. The van der Waals surface area contributed by atoms with Crippen molar-refractivity contribution in [2.75, 3.05) is 13.2 Å². The lowest BCUT2D eigenvalue weighted by molar-refractivity contribution is -0.167. The van der Waals surface area contributed by atoms with Crippen LogP contribution >= 0.6 is 0 Å². The number of esters is 3. The minimum absolute atomic E-state index is 0.0638. The predicted octanol–water partition coefficient (Wildman–Crippen LogP) is 16.7. The van der Waals surface area contributed by atoms with E-state index in [-0.39, 0.29) is 31.1 Å². The second kappa shape index (κ2) is 46.5. The Morgan fingerprint density at radius 2 is 0.569 bits per heavy atom. The lowest BCUT2D eigenvalue weighted by atomic mass is 10.0. The van der Waals surface area contributed by atoms with Gasteiger partial charge in [0.1, 0.15) is 13.2 Å². The molecule has 0 fully saturated rings. The zero-order valence-electron chi connectivity index (χ0n) is 39.5. The molecule has 0 unspecified atom stereocenters. The lowest BCUT2D eigenvalue weighted by Crippen LogP contribution is -2.30. The summed E-state index contributed by atoms with van der Waals surface area (Å²) in [6.45, 7) is 8.96. The molecule has 0 radical (unpaired) electrons. The Kier molecular flexibility index (Phi) is 45.2. The van der Waals surface area contributed by atoms with Gasteiger partial charge in [-0.15, -0.1) is 0 Å². The largest absolute Gasteiger partial charge is 0.462 e. The summed E-state index contributed by atoms with van der Waals surface area (Å²) < 4.78 is 16.7. The average molecular weight is 821 g/mol. The van der Waals surface area contributed by atoms with Crippen LogP contribution in [0.4, 0.5) is 0 Å². The number of rotatable bonds is 47. The number of carbonyl (C=O) groups excluding carboxylic acids is 3. The molecular formula is C52H100O6. The number of ether oxygens (including phenoxy) is 3. The summed E-state index contributed by atoms with van der Waals surface area (Å²) in [6.07, 6.45) is 48.4. The van der Waals surface area contributed by atoms with E-state index in [1.165, 1.54) is 180 Å². The van der Waals surface area contributed by atoms with Crippen LogP contribution in [0.15, 0.2) is 0 Å². The van der Waals surface area contributed by atoms with Gasteiger partial charge >= 0.3 is 17.9 Å². The van der Waals surface area contributed by atoms with Gasteiger partial charge in [-0.25, -0.2) is 0 Å². The Hall–Kier alpha value is -1.59. The van der Waals surface area contributed by atoms with Crippen LogP contribution in [0.1, 0.15) is 291 Å². The van der Waals surface area contributed by atoms with E-state index in [4.69, 9.17) is 14.2 Å². The van der Waals surface area contributed by atoms with Gasteiger partial charge in [-0.1, -0.05) is 252 Å². The number of carbonyl (C=O) groups is 3. The van der Waals surface area contributed by atoms with Gasteiger partial charge in [0.25, 0.3) is 0 Å². The SMILES string of the molecule is CCCCCCCCCCCCCCCCCCCC(=O)O[C@@H](COC(=O)CCCCCCC)COC(=O)CCCCCCCCCCCCCCCCCC(C)C. The molecule has 0 bridgehead atoms. The molecule has 6 heteroatoms. The summed E-state index contributed by atoms with van der Waals surface area (Å²) in [5, 5.41) is 0. The zero-order chi connectivity index (χ0) is 42.4. The van der Waals surface area contributed by atoms with Crippen LogP contribution in [-0.4, -0.2) is 37.2 Å². The first-order valence-corrected chi connectivity index (χ1v) is 25.9. The number of hydrogen-bond donors (Lipinski definition) is 0. The Morgan fingerprint density at radius 1 is 0.328 bits per heavy atom. The Labute approximate surface area is 361 Å². The summed E-state index contributed by atoms with van der Waals surface area (Å²) >= 11 is 0. The van der Waals surface area contributed by atoms with Crippen LogP contribution in [0, 0.1) is 5.92 Å². The van der Waals surface area contributed by atoms with Crippen molar-refractivity contribution in [3.8, 4) is 0 Å². The highest BCUT2D eigenvalue weighted by Gasteiger charge is 2.19. The van der Waals surface area contributed by atoms with Crippen molar-refractivity contribution in [3.05, 3.63) is 0 Å². The van der Waals surface area contributed by atoms with Crippen molar-refractivity contribution in [1.29, 1.82) is 0 Å². The molecule has 58 heavy (non-hydrogen) atoms. The third-order valence-electron chi connectivity index (χ3n) is 11.8. The summed E-state index contributed by atoms with van der Waals surface area (Å²) in [6, 6.07) is 0. The van der Waals surface area contributed by atoms with E-state index < -0.39 is 6.10 Å². The molecule has 0 aromatic rings. The van der Waals surface area contributed by atoms with E-state index in [0.29, 0.717) is 19.3 Å². The third kappa shape index (κ3) is 45.5. The Bertz CT molecular complexity index is 872. The minimum atomic E-state index is -0.758. The summed E-state index contributed by atoms with van der Waals surface area (Å²) in [5.74, 6) is -0.00972. The molecular weight excluding hydrogens is 721 g/mol. The van der Waals surface area contributed by atoms with Crippen LogP contribution in [-0.2, 0) is 28.6 Å². The molecule has 1 atom stereocenters. The fraction of sp³-hybridized carbons (Fsp3) is 0.942. The van der Waals surface area contributed by atoms with Crippen molar-refractivity contribution < 1.29 is 28.6 Å². The second-order valence-electron chi connectivity index (χ2n) is 18.3. The zero-order valence-corrected chi connectivity index (χ0v) is 39.5. The smallest absolute Gasteiger partial charge is 0.306 e. The van der Waals surface area contributed by atoms with Crippen LogP contribution < -0.4 is 0 Å². The fourth-order valence-corrected chi connectivity index (χ4v) is 7.86. The first-order chi connectivity index (χ1) is 28.4. The summed E-state index contributed by atoms with van der Waals surface area (Å²) in [4.78, 5) is 37.6.